The lowest BCUT2D eigenvalue weighted by atomic mass is 9.49. The van der Waals surface area contributed by atoms with Gasteiger partial charge in [0.25, 0.3) is 0 Å². The highest BCUT2D eigenvalue weighted by molar-refractivity contribution is 4.99. The molecule has 3 saturated carbocycles. The molecule has 3 fully saturated rings. The van der Waals surface area contributed by atoms with Crippen LogP contribution in [0.2, 0.25) is 0 Å². The first kappa shape index (κ1) is 10.1. The Balaban J connectivity index is 0.000000213. The van der Waals surface area contributed by atoms with E-state index in [0.29, 0.717) is 0 Å². The first-order valence-electron chi connectivity index (χ1n) is 5.62. The van der Waals surface area contributed by atoms with Gasteiger partial charge in [-0.1, -0.05) is 40.5 Å². The maximum absolute atomic E-state index is 2.45. The topological polar surface area (TPSA) is 0 Å². The van der Waals surface area contributed by atoms with Crippen LogP contribution in [0.1, 0.15) is 59.8 Å². The molecule has 3 aliphatic carbocycles. The third kappa shape index (κ3) is 1.67. The molecule has 72 valence electrons. The number of hydrogen-bond acceptors (Lipinski definition) is 0. The molecule has 0 aromatic heterocycles. The largest absolute Gasteiger partial charge is 0.0656 e. The van der Waals surface area contributed by atoms with E-state index in [1.165, 1.54) is 25.7 Å². The molecule has 0 aromatic carbocycles. The van der Waals surface area contributed by atoms with E-state index in [1.807, 2.05) is 0 Å². The Hall–Kier alpha value is 0. The normalized spacial score (nSPS) is 36.0. The van der Waals surface area contributed by atoms with Gasteiger partial charge in [0.2, 0.25) is 0 Å². The summed E-state index contributed by atoms with van der Waals surface area (Å²) in [4.78, 5) is 0. The SMILES string of the molecule is CC1(C)C2CCCC1C2.CCC. The van der Waals surface area contributed by atoms with Gasteiger partial charge in [0.05, 0.1) is 0 Å². The average molecular weight is 168 g/mol. The van der Waals surface area contributed by atoms with Crippen LogP contribution in [0.4, 0.5) is 0 Å². The van der Waals surface area contributed by atoms with Crippen molar-refractivity contribution in [3.8, 4) is 0 Å². The summed E-state index contributed by atoms with van der Waals surface area (Å²) in [5.74, 6) is 2.19. The Morgan fingerprint density at radius 3 is 1.67 bits per heavy atom. The first-order valence-corrected chi connectivity index (χ1v) is 5.62. The summed E-state index contributed by atoms with van der Waals surface area (Å²) in [7, 11) is 0. The molecule has 0 spiro atoms. The number of hydrogen-bond donors (Lipinski definition) is 0. The molecular formula is C12H24. The summed E-state index contributed by atoms with van der Waals surface area (Å²) in [6.07, 6.45) is 7.35. The van der Waals surface area contributed by atoms with Crippen LogP contribution < -0.4 is 0 Å². The maximum Gasteiger partial charge on any atom is -0.0297 e. The van der Waals surface area contributed by atoms with Crippen molar-refractivity contribution in [2.75, 3.05) is 0 Å². The van der Waals surface area contributed by atoms with E-state index in [0.717, 1.165) is 17.3 Å². The minimum absolute atomic E-state index is 0.734. The zero-order chi connectivity index (χ0) is 9.19. The van der Waals surface area contributed by atoms with Gasteiger partial charge in [-0.3, -0.25) is 0 Å². The first-order chi connectivity index (χ1) is 5.62. The summed E-state index contributed by atoms with van der Waals surface area (Å²) < 4.78 is 0. The molecule has 2 unspecified atom stereocenters. The second kappa shape index (κ2) is 3.81. The van der Waals surface area contributed by atoms with Gasteiger partial charge in [-0.05, 0) is 36.5 Å². The Morgan fingerprint density at radius 1 is 1.08 bits per heavy atom. The van der Waals surface area contributed by atoms with Crippen molar-refractivity contribution in [2.45, 2.75) is 59.8 Å². The van der Waals surface area contributed by atoms with Crippen LogP contribution in [0, 0.1) is 17.3 Å². The fourth-order valence-electron chi connectivity index (χ4n) is 2.71. The fraction of sp³-hybridized carbons (Fsp3) is 1.00. The van der Waals surface area contributed by atoms with Gasteiger partial charge in [0, 0.05) is 0 Å². The highest BCUT2D eigenvalue weighted by Gasteiger charge is 2.49. The fourth-order valence-corrected chi connectivity index (χ4v) is 2.71. The van der Waals surface area contributed by atoms with Crippen molar-refractivity contribution in [3.05, 3.63) is 0 Å². The zero-order valence-corrected chi connectivity index (χ0v) is 9.19. The molecule has 0 amide bonds. The van der Waals surface area contributed by atoms with Gasteiger partial charge in [-0.15, -0.1) is 0 Å². The minimum Gasteiger partial charge on any atom is -0.0656 e. The van der Waals surface area contributed by atoms with Gasteiger partial charge in [-0.25, -0.2) is 0 Å². The molecule has 2 bridgehead atoms. The Kier molecular flexibility index (Phi) is 3.20. The molecule has 0 saturated heterocycles. The van der Waals surface area contributed by atoms with Gasteiger partial charge in [-0.2, -0.15) is 0 Å². The van der Waals surface area contributed by atoms with E-state index < -0.39 is 0 Å². The third-order valence-corrected chi connectivity index (χ3v) is 3.78. The van der Waals surface area contributed by atoms with Crippen molar-refractivity contribution in [3.63, 3.8) is 0 Å². The minimum atomic E-state index is 0.734. The Morgan fingerprint density at radius 2 is 1.50 bits per heavy atom. The van der Waals surface area contributed by atoms with E-state index in [4.69, 9.17) is 0 Å². The van der Waals surface area contributed by atoms with Crippen molar-refractivity contribution >= 4 is 0 Å². The van der Waals surface area contributed by atoms with Crippen LogP contribution in [0.5, 0.6) is 0 Å². The van der Waals surface area contributed by atoms with Crippen LogP contribution in [0.25, 0.3) is 0 Å². The lowest BCUT2D eigenvalue weighted by Gasteiger charge is -2.56. The van der Waals surface area contributed by atoms with E-state index in [-0.39, 0.29) is 0 Å². The molecule has 0 radical (unpaired) electrons. The Labute approximate surface area is 77.7 Å². The lowest BCUT2D eigenvalue weighted by Crippen LogP contribution is -2.47. The van der Waals surface area contributed by atoms with Gasteiger partial charge < -0.3 is 0 Å². The Bertz CT molecular complexity index is 119. The number of rotatable bonds is 0. The second-order valence-electron chi connectivity index (χ2n) is 5.09. The van der Waals surface area contributed by atoms with Crippen LogP contribution in [-0.4, -0.2) is 0 Å². The number of fused-ring (bicyclic) bond motifs is 2. The maximum atomic E-state index is 2.45. The molecular weight excluding hydrogens is 144 g/mol. The van der Waals surface area contributed by atoms with Gasteiger partial charge in [0.1, 0.15) is 0 Å². The molecule has 0 aliphatic heterocycles. The average Bonchev–Trinajstić information content (AvgIpc) is 2.07. The monoisotopic (exact) mass is 168 g/mol. The van der Waals surface area contributed by atoms with Crippen molar-refractivity contribution in [2.24, 2.45) is 17.3 Å². The van der Waals surface area contributed by atoms with Crippen LogP contribution in [0.15, 0.2) is 0 Å². The molecule has 0 N–H and O–H groups in total. The van der Waals surface area contributed by atoms with E-state index in [9.17, 15) is 0 Å². The third-order valence-electron chi connectivity index (χ3n) is 3.78. The van der Waals surface area contributed by atoms with Crippen LogP contribution in [0.3, 0.4) is 0 Å². The van der Waals surface area contributed by atoms with Crippen molar-refractivity contribution in [1.29, 1.82) is 0 Å². The van der Waals surface area contributed by atoms with E-state index in [1.54, 1.807) is 6.42 Å². The lowest BCUT2D eigenvalue weighted by molar-refractivity contribution is -0.0646. The predicted octanol–water partition coefficient (Wildman–Crippen LogP) is 4.25. The molecule has 0 aromatic rings. The molecule has 0 nitrogen and oxygen atoms in total. The van der Waals surface area contributed by atoms with Crippen molar-refractivity contribution in [1.82, 2.24) is 0 Å². The summed E-state index contributed by atoms with van der Waals surface area (Å²) in [6.45, 7) is 9.15. The van der Waals surface area contributed by atoms with Crippen molar-refractivity contribution < 1.29 is 0 Å². The highest BCUT2D eigenvalue weighted by atomic mass is 14.5. The molecule has 0 heterocycles. The van der Waals surface area contributed by atoms with Crippen LogP contribution >= 0.6 is 0 Å². The van der Waals surface area contributed by atoms with E-state index >= 15 is 0 Å². The second-order valence-corrected chi connectivity index (χ2v) is 5.09. The molecule has 2 atom stereocenters. The smallest absolute Gasteiger partial charge is 0.0297 e. The molecule has 0 heteroatoms. The van der Waals surface area contributed by atoms with Gasteiger partial charge in [0.15, 0.2) is 0 Å². The summed E-state index contributed by atoms with van der Waals surface area (Å²) in [5.41, 5.74) is 0.734. The molecule has 3 aliphatic rings. The standard InChI is InChI=1S/C9H16.C3H8/c1-9(2)7-4-3-5-8(9)6-7;1-3-2/h7-8H,3-6H2,1-2H3;3H2,1-2H3. The van der Waals surface area contributed by atoms with E-state index in [2.05, 4.69) is 27.7 Å². The zero-order valence-electron chi connectivity index (χ0n) is 9.19. The van der Waals surface area contributed by atoms with Crippen LogP contribution in [-0.2, 0) is 0 Å². The van der Waals surface area contributed by atoms with Gasteiger partial charge >= 0.3 is 0 Å². The summed E-state index contributed by atoms with van der Waals surface area (Å²) >= 11 is 0. The highest BCUT2D eigenvalue weighted by Crippen LogP contribution is 2.58. The molecule has 12 heavy (non-hydrogen) atoms. The summed E-state index contributed by atoms with van der Waals surface area (Å²) in [6, 6.07) is 0. The summed E-state index contributed by atoms with van der Waals surface area (Å²) in [5, 5.41) is 0. The molecule has 3 rings (SSSR count). The predicted molar refractivity (Wildman–Crippen MR) is 55.2 cm³/mol. The quantitative estimate of drug-likeness (QED) is 0.507.